The van der Waals surface area contributed by atoms with Crippen molar-refractivity contribution in [1.29, 1.82) is 0 Å². The highest BCUT2D eigenvalue weighted by Crippen LogP contribution is 2.37. The van der Waals surface area contributed by atoms with Crippen molar-refractivity contribution in [3.8, 4) is 0 Å². The number of rotatable bonds is 2. The Bertz CT molecular complexity index is 844. The third-order valence-electron chi connectivity index (χ3n) is 3.33. The van der Waals surface area contributed by atoms with E-state index < -0.39 is 40.1 Å². The maximum atomic E-state index is 12.8. The Morgan fingerprint density at radius 3 is 1.89 bits per heavy atom. The first-order chi connectivity index (χ1) is 12.4. The highest BCUT2D eigenvalue weighted by molar-refractivity contribution is 7.82. The Hall–Kier alpha value is -2.62. The molecule has 0 bridgehead atoms. The van der Waals surface area contributed by atoms with Crippen LogP contribution in [0.4, 0.5) is 37.7 Å². The molecule has 144 valence electrons. The molecule has 0 radical (unpaired) electrons. The van der Waals surface area contributed by atoms with Crippen LogP contribution in [0.15, 0.2) is 42.5 Å². The van der Waals surface area contributed by atoms with Crippen molar-refractivity contribution in [2.24, 2.45) is 0 Å². The van der Waals surface area contributed by atoms with Gasteiger partial charge in [0, 0.05) is 11.4 Å². The van der Waals surface area contributed by atoms with Crippen LogP contribution < -0.4 is 10.6 Å². The molecule has 3 nitrogen and oxygen atoms in total. The number of carbonyl (C=O) groups excluding carboxylic acids is 1. The van der Waals surface area contributed by atoms with Crippen molar-refractivity contribution in [3.05, 3.63) is 59.2 Å². The van der Waals surface area contributed by atoms with E-state index in [2.05, 4.69) is 5.32 Å². The third kappa shape index (κ3) is 5.68. The van der Waals surface area contributed by atoms with Crippen molar-refractivity contribution in [2.45, 2.75) is 19.3 Å². The molecule has 0 aliphatic heterocycles. The van der Waals surface area contributed by atoms with Crippen LogP contribution in [0.2, 0.25) is 0 Å². The van der Waals surface area contributed by atoms with E-state index in [-0.39, 0.29) is 6.07 Å². The number of nitrogens with one attached hydrogen (secondary N) is 2. The van der Waals surface area contributed by atoms with E-state index in [1.54, 1.807) is 31.2 Å². The molecule has 0 saturated heterocycles. The van der Waals surface area contributed by atoms with Gasteiger partial charge in [-0.25, -0.2) is 0 Å². The molecule has 1 amide bonds. The summed E-state index contributed by atoms with van der Waals surface area (Å²) in [6.45, 7) is 1.79. The molecule has 0 heterocycles. The molecular formula is C17H12F6N2OS. The summed E-state index contributed by atoms with van der Waals surface area (Å²) in [4.78, 5) is 11.6. The van der Waals surface area contributed by atoms with Crippen LogP contribution in [0.3, 0.4) is 0 Å². The van der Waals surface area contributed by atoms with E-state index in [9.17, 15) is 31.1 Å². The smallest absolute Gasteiger partial charge is 0.342 e. The van der Waals surface area contributed by atoms with E-state index in [0.29, 0.717) is 17.8 Å². The summed E-state index contributed by atoms with van der Waals surface area (Å²) in [5.74, 6) is -1.04. The second kappa shape index (κ2) is 7.55. The Balaban J connectivity index is 2.24. The molecule has 0 aromatic heterocycles. The van der Waals surface area contributed by atoms with Gasteiger partial charge in [-0.2, -0.15) is 26.3 Å². The van der Waals surface area contributed by atoms with Gasteiger partial charge in [0.05, 0.1) is 11.1 Å². The summed E-state index contributed by atoms with van der Waals surface area (Å²) in [6.07, 6.45) is -10.0. The Kier molecular flexibility index (Phi) is 5.79. The molecule has 0 spiro atoms. The number of amides is 1. The van der Waals surface area contributed by atoms with Crippen LogP contribution in [0.25, 0.3) is 0 Å². The lowest BCUT2D eigenvalue weighted by Crippen LogP contribution is -2.27. The van der Waals surface area contributed by atoms with Gasteiger partial charge < -0.3 is 10.6 Å². The second-order valence-electron chi connectivity index (χ2n) is 5.57. The molecule has 2 N–H and O–H groups in total. The maximum Gasteiger partial charge on any atom is 0.416 e. The van der Waals surface area contributed by atoms with Crippen LogP contribution in [0.5, 0.6) is 0 Å². The number of carbonyl (C=O) groups is 1. The van der Waals surface area contributed by atoms with Crippen LogP contribution in [-0.4, -0.2) is 10.9 Å². The van der Waals surface area contributed by atoms with Gasteiger partial charge >= 0.3 is 12.4 Å². The van der Waals surface area contributed by atoms with Crippen LogP contribution >= 0.6 is 12.2 Å². The van der Waals surface area contributed by atoms with Gasteiger partial charge in [-0.15, -0.1) is 0 Å². The van der Waals surface area contributed by atoms with Gasteiger partial charge in [0.25, 0.3) is 5.91 Å². The van der Waals surface area contributed by atoms with E-state index >= 15 is 0 Å². The van der Waals surface area contributed by atoms with Crippen molar-refractivity contribution < 1.29 is 31.1 Å². The first-order valence-corrected chi connectivity index (χ1v) is 7.75. The normalized spacial score (nSPS) is 11.8. The molecule has 2 rings (SSSR count). The zero-order valence-corrected chi connectivity index (χ0v) is 14.4. The van der Waals surface area contributed by atoms with Crippen molar-refractivity contribution in [1.82, 2.24) is 0 Å². The molecule has 2 aromatic rings. The zero-order valence-electron chi connectivity index (χ0n) is 13.6. The highest BCUT2D eigenvalue weighted by atomic mass is 32.1. The lowest BCUT2D eigenvalue weighted by atomic mass is 10.1. The molecule has 0 aliphatic carbocycles. The van der Waals surface area contributed by atoms with E-state index in [0.717, 1.165) is 5.56 Å². The molecule has 2 aromatic carbocycles. The number of anilines is 2. The standard InChI is InChI=1S/C17H12F6N2OS/c1-9-3-2-4-12(5-9)25-15(27)14(26)24-13-7-10(16(18,19)20)6-11(8-13)17(21,22)23/h2-8H,1H3,(H,24,26)(H,25,27). The maximum absolute atomic E-state index is 12.8. The van der Waals surface area contributed by atoms with E-state index in [1.165, 1.54) is 0 Å². The number of thiocarbonyl (C=S) groups is 1. The van der Waals surface area contributed by atoms with Gasteiger partial charge in [-0.1, -0.05) is 24.4 Å². The van der Waals surface area contributed by atoms with Crippen LogP contribution in [-0.2, 0) is 17.1 Å². The minimum atomic E-state index is -5.01. The third-order valence-corrected chi connectivity index (χ3v) is 3.62. The minimum absolute atomic E-state index is 0.0288. The molecule has 0 unspecified atom stereocenters. The Morgan fingerprint density at radius 2 is 1.41 bits per heavy atom. The van der Waals surface area contributed by atoms with Gasteiger partial charge in [0.1, 0.15) is 0 Å². The summed E-state index contributed by atoms with van der Waals surface area (Å²) >= 11 is 4.85. The van der Waals surface area contributed by atoms with Crippen LogP contribution in [0, 0.1) is 6.92 Å². The van der Waals surface area contributed by atoms with Crippen molar-refractivity contribution >= 4 is 34.5 Å². The number of halogens is 6. The number of alkyl halides is 6. The molecule has 0 fully saturated rings. The Morgan fingerprint density at radius 1 is 0.852 bits per heavy atom. The van der Waals surface area contributed by atoms with Gasteiger partial charge in [0.2, 0.25) is 0 Å². The van der Waals surface area contributed by atoms with E-state index in [1.807, 2.05) is 5.32 Å². The molecular weight excluding hydrogens is 394 g/mol. The molecule has 10 heteroatoms. The molecule has 0 saturated carbocycles. The lowest BCUT2D eigenvalue weighted by molar-refractivity contribution is -0.143. The van der Waals surface area contributed by atoms with Crippen molar-refractivity contribution in [2.75, 3.05) is 10.6 Å². The first-order valence-electron chi connectivity index (χ1n) is 7.35. The predicted molar refractivity (Wildman–Crippen MR) is 92.5 cm³/mol. The largest absolute Gasteiger partial charge is 0.416 e. The zero-order chi connectivity index (χ0) is 20.4. The second-order valence-corrected chi connectivity index (χ2v) is 5.98. The summed E-state index contributed by atoms with van der Waals surface area (Å²) in [7, 11) is 0. The average Bonchev–Trinajstić information content (AvgIpc) is 2.52. The fraction of sp³-hybridized carbons (Fsp3) is 0.176. The fourth-order valence-electron chi connectivity index (χ4n) is 2.13. The van der Waals surface area contributed by atoms with Crippen molar-refractivity contribution in [3.63, 3.8) is 0 Å². The van der Waals surface area contributed by atoms with Gasteiger partial charge in [-0.3, -0.25) is 4.79 Å². The monoisotopic (exact) mass is 406 g/mol. The average molecular weight is 406 g/mol. The topological polar surface area (TPSA) is 41.1 Å². The molecule has 27 heavy (non-hydrogen) atoms. The number of aryl methyl sites for hydroxylation is 1. The first kappa shape index (κ1) is 20.7. The number of hydrogen-bond acceptors (Lipinski definition) is 2. The number of hydrogen-bond donors (Lipinski definition) is 2. The summed E-state index contributed by atoms with van der Waals surface area (Å²) in [5.41, 5.74) is -2.43. The lowest BCUT2D eigenvalue weighted by Gasteiger charge is -2.15. The summed E-state index contributed by atoms with van der Waals surface area (Å²) < 4.78 is 77.0. The summed E-state index contributed by atoms with van der Waals surface area (Å²) in [5, 5.41) is 4.53. The van der Waals surface area contributed by atoms with E-state index in [4.69, 9.17) is 12.2 Å². The quantitative estimate of drug-likeness (QED) is 0.518. The minimum Gasteiger partial charge on any atom is -0.342 e. The summed E-state index contributed by atoms with van der Waals surface area (Å²) in [6, 6.07) is 7.50. The SMILES string of the molecule is Cc1cccc(NC(=S)C(=O)Nc2cc(C(F)(F)F)cc(C(F)(F)F)c2)c1. The Labute approximate surface area is 155 Å². The number of benzene rings is 2. The van der Waals surface area contributed by atoms with Gasteiger partial charge in [0.15, 0.2) is 4.99 Å². The predicted octanol–water partition coefficient (Wildman–Crippen LogP) is 5.41. The van der Waals surface area contributed by atoms with Gasteiger partial charge in [-0.05, 0) is 42.8 Å². The van der Waals surface area contributed by atoms with Crippen LogP contribution in [0.1, 0.15) is 16.7 Å². The highest BCUT2D eigenvalue weighted by Gasteiger charge is 2.37. The molecule has 0 aliphatic rings. The molecule has 0 atom stereocenters. The fourth-order valence-corrected chi connectivity index (χ4v) is 2.29.